The van der Waals surface area contributed by atoms with Crippen LogP contribution in [0, 0.1) is 0 Å². The number of benzene rings is 1. The number of thioether (sulfide) groups is 1. The first-order valence-corrected chi connectivity index (χ1v) is 5.95. The van der Waals surface area contributed by atoms with Crippen LogP contribution in [0.15, 0.2) is 47.9 Å². The number of rotatable bonds is 4. The molecule has 0 bridgehead atoms. The third kappa shape index (κ3) is 3.29. The van der Waals surface area contributed by atoms with E-state index in [1.807, 2.05) is 12.1 Å². The van der Waals surface area contributed by atoms with Gasteiger partial charge in [-0.15, -0.1) is 11.8 Å². The summed E-state index contributed by atoms with van der Waals surface area (Å²) in [5.41, 5.74) is 1.28. The van der Waals surface area contributed by atoms with E-state index >= 15 is 0 Å². The number of aromatic carboxylic acids is 1. The SMILES string of the molecule is O=C(O)c1cccc(CSc2ccncn2)c1. The van der Waals surface area contributed by atoms with Gasteiger partial charge in [0.1, 0.15) is 6.33 Å². The summed E-state index contributed by atoms with van der Waals surface area (Å²) in [6, 6.07) is 8.74. The Bertz CT molecular complexity index is 517. The Morgan fingerprint density at radius 2 is 2.24 bits per heavy atom. The summed E-state index contributed by atoms with van der Waals surface area (Å²) in [6.07, 6.45) is 3.18. The van der Waals surface area contributed by atoms with E-state index in [1.165, 1.54) is 6.33 Å². The molecule has 0 amide bonds. The molecule has 0 aliphatic rings. The van der Waals surface area contributed by atoms with Gasteiger partial charge in [-0.1, -0.05) is 12.1 Å². The number of aromatic nitrogens is 2. The van der Waals surface area contributed by atoms with Crippen molar-refractivity contribution in [3.05, 3.63) is 54.0 Å². The fourth-order valence-electron chi connectivity index (χ4n) is 1.32. The van der Waals surface area contributed by atoms with Gasteiger partial charge in [-0.2, -0.15) is 0 Å². The Kier molecular flexibility index (Phi) is 3.72. The van der Waals surface area contributed by atoms with E-state index in [9.17, 15) is 4.79 Å². The third-order valence-corrected chi connectivity index (χ3v) is 3.13. The molecule has 5 heteroatoms. The van der Waals surface area contributed by atoms with Crippen LogP contribution in [0.5, 0.6) is 0 Å². The predicted octanol–water partition coefficient (Wildman–Crippen LogP) is 2.47. The van der Waals surface area contributed by atoms with Gasteiger partial charge in [0.25, 0.3) is 0 Å². The van der Waals surface area contributed by atoms with Crippen LogP contribution in [0.1, 0.15) is 15.9 Å². The lowest BCUT2D eigenvalue weighted by Crippen LogP contribution is -1.96. The molecule has 0 saturated heterocycles. The van der Waals surface area contributed by atoms with Gasteiger partial charge >= 0.3 is 5.97 Å². The third-order valence-electron chi connectivity index (χ3n) is 2.12. The Labute approximate surface area is 103 Å². The molecule has 1 heterocycles. The average molecular weight is 246 g/mol. The molecule has 1 aromatic heterocycles. The molecule has 0 fully saturated rings. The maximum Gasteiger partial charge on any atom is 0.335 e. The van der Waals surface area contributed by atoms with Crippen LogP contribution < -0.4 is 0 Å². The molecule has 0 saturated carbocycles. The zero-order valence-corrected chi connectivity index (χ0v) is 9.72. The van der Waals surface area contributed by atoms with Crippen molar-refractivity contribution in [3.63, 3.8) is 0 Å². The minimum Gasteiger partial charge on any atom is -0.478 e. The number of carboxylic acids is 1. The lowest BCUT2D eigenvalue weighted by molar-refractivity contribution is 0.0697. The summed E-state index contributed by atoms with van der Waals surface area (Å²) in [4.78, 5) is 18.7. The second-order valence-corrected chi connectivity index (χ2v) is 4.34. The zero-order valence-electron chi connectivity index (χ0n) is 8.91. The van der Waals surface area contributed by atoms with Crippen LogP contribution in [0.4, 0.5) is 0 Å². The number of nitrogens with zero attached hydrogens (tertiary/aromatic N) is 2. The standard InChI is InChI=1S/C12H10N2O2S/c15-12(16)10-3-1-2-9(6-10)7-17-11-4-5-13-8-14-11/h1-6,8H,7H2,(H,15,16). The van der Waals surface area contributed by atoms with Gasteiger partial charge in [-0.3, -0.25) is 0 Å². The molecule has 0 unspecified atom stereocenters. The highest BCUT2D eigenvalue weighted by molar-refractivity contribution is 7.98. The van der Waals surface area contributed by atoms with Crippen LogP contribution in [0.3, 0.4) is 0 Å². The molecule has 17 heavy (non-hydrogen) atoms. The van der Waals surface area contributed by atoms with Gasteiger partial charge in [-0.25, -0.2) is 14.8 Å². The Hall–Kier alpha value is -1.88. The molecule has 86 valence electrons. The Morgan fingerprint density at radius 1 is 1.35 bits per heavy atom. The van der Waals surface area contributed by atoms with E-state index in [0.29, 0.717) is 11.3 Å². The zero-order chi connectivity index (χ0) is 12.1. The quantitative estimate of drug-likeness (QED) is 0.663. The predicted molar refractivity (Wildman–Crippen MR) is 65.0 cm³/mol. The first-order valence-electron chi connectivity index (χ1n) is 4.97. The molecule has 0 radical (unpaired) electrons. The summed E-state index contributed by atoms with van der Waals surface area (Å²) < 4.78 is 0. The van der Waals surface area contributed by atoms with Crippen molar-refractivity contribution in [2.75, 3.05) is 0 Å². The minimum atomic E-state index is -0.904. The van der Waals surface area contributed by atoms with Gasteiger partial charge in [0.15, 0.2) is 0 Å². The van der Waals surface area contributed by atoms with Crippen LogP contribution >= 0.6 is 11.8 Å². The van der Waals surface area contributed by atoms with E-state index in [0.717, 1.165) is 10.6 Å². The first kappa shape index (κ1) is 11.6. The first-order chi connectivity index (χ1) is 8.25. The van der Waals surface area contributed by atoms with Gasteiger partial charge in [0.05, 0.1) is 10.6 Å². The Balaban J connectivity index is 2.04. The number of hydrogen-bond donors (Lipinski definition) is 1. The molecule has 4 nitrogen and oxygen atoms in total. The molecule has 2 aromatic rings. The fraction of sp³-hybridized carbons (Fsp3) is 0.0833. The monoisotopic (exact) mass is 246 g/mol. The van der Waals surface area contributed by atoms with E-state index in [4.69, 9.17) is 5.11 Å². The van der Waals surface area contributed by atoms with Crippen molar-refractivity contribution in [1.29, 1.82) is 0 Å². The van der Waals surface area contributed by atoms with Crippen molar-refractivity contribution in [2.45, 2.75) is 10.8 Å². The highest BCUT2D eigenvalue weighted by Crippen LogP contribution is 2.20. The maximum atomic E-state index is 10.8. The number of carbonyl (C=O) groups is 1. The van der Waals surface area contributed by atoms with Crippen molar-refractivity contribution in [3.8, 4) is 0 Å². The smallest absolute Gasteiger partial charge is 0.335 e. The molecule has 2 rings (SSSR count). The minimum absolute atomic E-state index is 0.311. The summed E-state index contributed by atoms with van der Waals surface area (Å²) in [5.74, 6) is -0.211. The van der Waals surface area contributed by atoms with E-state index in [-0.39, 0.29) is 0 Å². The van der Waals surface area contributed by atoms with E-state index < -0.39 is 5.97 Å². The molecule has 0 aliphatic heterocycles. The van der Waals surface area contributed by atoms with Gasteiger partial charge in [0.2, 0.25) is 0 Å². The van der Waals surface area contributed by atoms with Crippen molar-refractivity contribution >= 4 is 17.7 Å². The fourth-order valence-corrected chi connectivity index (χ4v) is 2.09. The van der Waals surface area contributed by atoms with Gasteiger partial charge in [-0.05, 0) is 23.8 Å². The molecule has 1 N–H and O–H groups in total. The van der Waals surface area contributed by atoms with Crippen LogP contribution in [0.2, 0.25) is 0 Å². The highest BCUT2D eigenvalue weighted by atomic mass is 32.2. The lowest BCUT2D eigenvalue weighted by Gasteiger charge is -2.02. The van der Waals surface area contributed by atoms with Gasteiger partial charge < -0.3 is 5.11 Å². The second-order valence-electron chi connectivity index (χ2n) is 3.34. The molecular weight excluding hydrogens is 236 g/mol. The number of carboxylic acid groups (broad SMARTS) is 1. The van der Waals surface area contributed by atoms with Crippen LogP contribution in [0.25, 0.3) is 0 Å². The maximum absolute atomic E-state index is 10.8. The summed E-state index contributed by atoms with van der Waals surface area (Å²) in [7, 11) is 0. The average Bonchev–Trinajstić information content (AvgIpc) is 2.38. The van der Waals surface area contributed by atoms with E-state index in [2.05, 4.69) is 9.97 Å². The topological polar surface area (TPSA) is 63.1 Å². The number of hydrogen-bond acceptors (Lipinski definition) is 4. The van der Waals surface area contributed by atoms with Crippen molar-refractivity contribution in [1.82, 2.24) is 9.97 Å². The largest absolute Gasteiger partial charge is 0.478 e. The van der Waals surface area contributed by atoms with Gasteiger partial charge in [0, 0.05) is 11.9 Å². The second kappa shape index (κ2) is 5.45. The van der Waals surface area contributed by atoms with Crippen molar-refractivity contribution in [2.24, 2.45) is 0 Å². The molecular formula is C12H10N2O2S. The summed E-state index contributed by atoms with van der Waals surface area (Å²) in [5, 5.41) is 9.74. The summed E-state index contributed by atoms with van der Waals surface area (Å²) >= 11 is 1.55. The molecule has 0 atom stereocenters. The normalized spacial score (nSPS) is 10.1. The Morgan fingerprint density at radius 3 is 2.94 bits per heavy atom. The lowest BCUT2D eigenvalue weighted by atomic mass is 10.1. The highest BCUT2D eigenvalue weighted by Gasteiger charge is 2.03. The van der Waals surface area contributed by atoms with Crippen LogP contribution in [-0.4, -0.2) is 21.0 Å². The summed E-state index contributed by atoms with van der Waals surface area (Å²) in [6.45, 7) is 0. The molecule has 0 aliphatic carbocycles. The van der Waals surface area contributed by atoms with Crippen LogP contribution in [-0.2, 0) is 5.75 Å². The molecule has 1 aromatic carbocycles. The van der Waals surface area contributed by atoms with E-state index in [1.54, 1.807) is 36.2 Å². The van der Waals surface area contributed by atoms with Crippen molar-refractivity contribution < 1.29 is 9.90 Å². The molecule has 0 spiro atoms.